The van der Waals surface area contributed by atoms with E-state index in [0.29, 0.717) is 5.00 Å². The van der Waals surface area contributed by atoms with Crippen molar-refractivity contribution >= 4 is 45.9 Å². The number of nitrogens with two attached hydrogens (primary N) is 1. The first-order chi connectivity index (χ1) is 12.4. The van der Waals surface area contributed by atoms with Crippen LogP contribution < -0.4 is 15.8 Å². The first kappa shape index (κ1) is 19.8. The van der Waals surface area contributed by atoms with Gasteiger partial charge in [-0.15, -0.1) is 23.1 Å². The summed E-state index contributed by atoms with van der Waals surface area (Å²) in [5, 5.41) is 4.51. The zero-order valence-corrected chi connectivity index (χ0v) is 15.8. The molecule has 7 nitrogen and oxygen atoms in total. The van der Waals surface area contributed by atoms with Crippen molar-refractivity contribution in [2.45, 2.75) is 17.9 Å². The molecule has 2 aromatic rings. The van der Waals surface area contributed by atoms with Gasteiger partial charge in [-0.1, -0.05) is 0 Å². The number of anilines is 1. The number of methoxy groups -OCH3 is 1. The van der Waals surface area contributed by atoms with E-state index in [4.69, 9.17) is 15.2 Å². The molecule has 1 aromatic carbocycles. The minimum absolute atomic E-state index is 0.0650. The van der Waals surface area contributed by atoms with E-state index in [0.717, 1.165) is 10.6 Å². The molecular formula is C17H18N2O5S2. The Bertz CT molecular complexity index is 789. The smallest absolute Gasteiger partial charge is 0.317 e. The Balaban J connectivity index is 1.82. The number of hydrogen-bond donors (Lipinski definition) is 2. The molecule has 0 aliphatic heterocycles. The van der Waals surface area contributed by atoms with Crippen LogP contribution in [0.25, 0.3) is 0 Å². The highest BCUT2D eigenvalue weighted by atomic mass is 32.2. The largest absolute Gasteiger partial charge is 0.497 e. The first-order valence-corrected chi connectivity index (χ1v) is 9.41. The Kier molecular flexibility index (Phi) is 7.05. The molecule has 138 valence electrons. The van der Waals surface area contributed by atoms with Gasteiger partial charge < -0.3 is 20.5 Å². The van der Waals surface area contributed by atoms with Crippen LogP contribution in [-0.2, 0) is 14.3 Å². The lowest BCUT2D eigenvalue weighted by Gasteiger charge is -2.13. The summed E-state index contributed by atoms with van der Waals surface area (Å²) in [6.07, 6.45) is -0.998. The van der Waals surface area contributed by atoms with Crippen molar-refractivity contribution in [1.29, 1.82) is 0 Å². The van der Waals surface area contributed by atoms with Crippen molar-refractivity contribution in [2.24, 2.45) is 5.73 Å². The summed E-state index contributed by atoms with van der Waals surface area (Å²) < 4.78 is 10.2. The number of thiophene rings is 1. The van der Waals surface area contributed by atoms with Crippen LogP contribution >= 0.6 is 23.1 Å². The monoisotopic (exact) mass is 394 g/mol. The predicted molar refractivity (Wildman–Crippen MR) is 101 cm³/mol. The van der Waals surface area contributed by atoms with Crippen LogP contribution in [0.3, 0.4) is 0 Å². The van der Waals surface area contributed by atoms with Gasteiger partial charge in [0.15, 0.2) is 6.10 Å². The Morgan fingerprint density at radius 1 is 1.23 bits per heavy atom. The van der Waals surface area contributed by atoms with Crippen LogP contribution in [0, 0.1) is 0 Å². The van der Waals surface area contributed by atoms with Crippen LogP contribution in [0.15, 0.2) is 40.6 Å². The number of nitrogens with one attached hydrogen (secondary N) is 1. The molecule has 9 heteroatoms. The van der Waals surface area contributed by atoms with Crippen molar-refractivity contribution < 1.29 is 23.9 Å². The number of benzene rings is 1. The number of amides is 2. The highest BCUT2D eigenvalue weighted by molar-refractivity contribution is 8.00. The number of rotatable bonds is 8. The lowest BCUT2D eigenvalue weighted by molar-refractivity contribution is -0.150. The van der Waals surface area contributed by atoms with E-state index >= 15 is 0 Å². The Labute approximate surface area is 158 Å². The number of carbonyl (C=O) groups is 3. The maximum Gasteiger partial charge on any atom is 0.317 e. The summed E-state index contributed by atoms with van der Waals surface area (Å²) in [5.41, 5.74) is 5.44. The van der Waals surface area contributed by atoms with Gasteiger partial charge in [-0.2, -0.15) is 0 Å². The topological polar surface area (TPSA) is 108 Å². The maximum atomic E-state index is 12.1. The molecule has 3 N–H and O–H groups in total. The summed E-state index contributed by atoms with van der Waals surface area (Å²) in [7, 11) is 1.58. The lowest BCUT2D eigenvalue weighted by atomic mass is 10.3. The zero-order valence-electron chi connectivity index (χ0n) is 14.2. The molecule has 0 saturated carbocycles. The highest BCUT2D eigenvalue weighted by Crippen LogP contribution is 2.23. The summed E-state index contributed by atoms with van der Waals surface area (Å²) in [4.78, 5) is 36.2. The van der Waals surface area contributed by atoms with Gasteiger partial charge in [-0.3, -0.25) is 14.4 Å². The fraction of sp³-hybridized carbons (Fsp3) is 0.235. The molecule has 0 aliphatic rings. The van der Waals surface area contributed by atoms with Gasteiger partial charge in [0.05, 0.1) is 18.4 Å². The van der Waals surface area contributed by atoms with Crippen LogP contribution in [0.4, 0.5) is 5.00 Å². The average molecular weight is 394 g/mol. The van der Waals surface area contributed by atoms with Gasteiger partial charge >= 0.3 is 5.97 Å². The quantitative estimate of drug-likeness (QED) is 0.526. The summed E-state index contributed by atoms with van der Waals surface area (Å²) >= 11 is 2.46. The Morgan fingerprint density at radius 2 is 1.92 bits per heavy atom. The van der Waals surface area contributed by atoms with Crippen molar-refractivity contribution in [3.8, 4) is 5.75 Å². The molecule has 1 heterocycles. The number of esters is 1. The fourth-order valence-electron chi connectivity index (χ4n) is 1.91. The standard InChI is InChI=1S/C17H18N2O5S2/c1-10(16(22)19-17-13(15(18)21)7-8-25-17)24-14(20)9-26-12-5-3-11(23-2)4-6-12/h3-8,10H,9H2,1-2H3,(H2,18,21)(H,19,22)/t10-/m1/s1. The second kappa shape index (κ2) is 9.25. The van der Waals surface area contributed by atoms with Crippen LogP contribution in [-0.4, -0.2) is 36.8 Å². The molecule has 0 radical (unpaired) electrons. The van der Waals surface area contributed by atoms with Crippen LogP contribution in [0.1, 0.15) is 17.3 Å². The van der Waals surface area contributed by atoms with Gasteiger partial charge in [0, 0.05) is 4.90 Å². The van der Waals surface area contributed by atoms with Crippen molar-refractivity contribution in [2.75, 3.05) is 18.2 Å². The lowest BCUT2D eigenvalue weighted by Crippen LogP contribution is -2.31. The first-order valence-electron chi connectivity index (χ1n) is 7.55. The second-order valence-corrected chi connectivity index (χ2v) is 7.08. The zero-order chi connectivity index (χ0) is 19.1. The number of carbonyl (C=O) groups excluding carboxylic acids is 3. The Morgan fingerprint density at radius 3 is 2.54 bits per heavy atom. The molecule has 2 rings (SSSR count). The molecule has 0 unspecified atom stereocenters. The summed E-state index contributed by atoms with van der Waals surface area (Å²) in [5.74, 6) is -0.893. The van der Waals surface area contributed by atoms with Crippen molar-refractivity contribution in [3.63, 3.8) is 0 Å². The van der Waals surface area contributed by atoms with Gasteiger partial charge in [0.1, 0.15) is 10.8 Å². The number of primary amides is 1. The van der Waals surface area contributed by atoms with Crippen LogP contribution in [0.2, 0.25) is 0 Å². The minimum atomic E-state index is -0.998. The van der Waals surface area contributed by atoms with E-state index in [1.165, 1.54) is 36.1 Å². The predicted octanol–water partition coefficient (Wildman–Crippen LogP) is 2.52. The molecule has 1 aromatic heterocycles. The highest BCUT2D eigenvalue weighted by Gasteiger charge is 2.20. The van der Waals surface area contributed by atoms with E-state index in [2.05, 4.69) is 5.32 Å². The third-order valence-corrected chi connectivity index (χ3v) is 5.08. The van der Waals surface area contributed by atoms with Crippen molar-refractivity contribution in [3.05, 3.63) is 41.3 Å². The molecule has 26 heavy (non-hydrogen) atoms. The van der Waals surface area contributed by atoms with Gasteiger partial charge in [-0.25, -0.2) is 0 Å². The van der Waals surface area contributed by atoms with E-state index in [1.807, 2.05) is 12.1 Å². The fourth-order valence-corrected chi connectivity index (χ4v) is 3.39. The normalized spacial score (nSPS) is 11.5. The SMILES string of the molecule is COc1ccc(SCC(=O)O[C@H](C)C(=O)Nc2sccc2C(N)=O)cc1. The van der Waals surface area contributed by atoms with E-state index in [1.54, 1.807) is 24.6 Å². The van der Waals surface area contributed by atoms with Crippen LogP contribution in [0.5, 0.6) is 5.75 Å². The van der Waals surface area contributed by atoms with Gasteiger partial charge in [0.25, 0.3) is 11.8 Å². The second-order valence-electron chi connectivity index (χ2n) is 5.11. The maximum absolute atomic E-state index is 12.1. The average Bonchev–Trinajstić information content (AvgIpc) is 3.08. The molecule has 0 spiro atoms. The van der Waals surface area contributed by atoms with E-state index in [-0.39, 0.29) is 11.3 Å². The number of hydrogen-bond acceptors (Lipinski definition) is 7. The summed E-state index contributed by atoms with van der Waals surface area (Å²) in [6, 6.07) is 8.76. The van der Waals surface area contributed by atoms with Gasteiger partial charge in [0.2, 0.25) is 0 Å². The molecular weight excluding hydrogens is 376 g/mol. The molecule has 0 bridgehead atoms. The third-order valence-electron chi connectivity index (χ3n) is 3.26. The number of ether oxygens (including phenoxy) is 2. The third kappa shape index (κ3) is 5.50. The molecule has 0 saturated heterocycles. The summed E-state index contributed by atoms with van der Waals surface area (Å²) in [6.45, 7) is 1.46. The molecule has 1 atom stereocenters. The minimum Gasteiger partial charge on any atom is -0.497 e. The van der Waals surface area contributed by atoms with Crippen molar-refractivity contribution in [1.82, 2.24) is 0 Å². The number of thioether (sulfide) groups is 1. The van der Waals surface area contributed by atoms with E-state index < -0.39 is 23.9 Å². The Hall–Kier alpha value is -2.52. The van der Waals surface area contributed by atoms with Gasteiger partial charge in [-0.05, 0) is 42.6 Å². The molecule has 0 fully saturated rings. The molecule has 2 amide bonds. The van der Waals surface area contributed by atoms with E-state index in [9.17, 15) is 14.4 Å². The molecule has 0 aliphatic carbocycles.